The van der Waals surface area contributed by atoms with Crippen LogP contribution in [0.5, 0.6) is 0 Å². The highest BCUT2D eigenvalue weighted by Crippen LogP contribution is 2.46. The van der Waals surface area contributed by atoms with Crippen molar-refractivity contribution in [2.75, 3.05) is 0 Å². The number of nitrogens with zero attached hydrogens (tertiary/aromatic N) is 1. The van der Waals surface area contributed by atoms with Gasteiger partial charge in [0.25, 0.3) is 0 Å². The van der Waals surface area contributed by atoms with Gasteiger partial charge in [-0.15, -0.1) is 0 Å². The molecule has 1 nitrogen and oxygen atoms in total. The lowest BCUT2D eigenvalue weighted by Crippen LogP contribution is -1.96. The second kappa shape index (κ2) is 12.7. The number of para-hydroxylation sites is 1. The van der Waals surface area contributed by atoms with Gasteiger partial charge in [0.05, 0.1) is 16.7 Å². The summed E-state index contributed by atoms with van der Waals surface area (Å²) in [4.78, 5) is 0. The fraction of sp³-hybridized carbons (Fsp3) is 0. The fourth-order valence-electron chi connectivity index (χ4n) is 8.96. The van der Waals surface area contributed by atoms with E-state index in [0.29, 0.717) is 0 Å². The van der Waals surface area contributed by atoms with E-state index in [2.05, 4.69) is 217 Å². The summed E-state index contributed by atoms with van der Waals surface area (Å²) in [5.41, 5.74) is 13.5. The average Bonchev–Trinajstić information content (AvgIpc) is 3.59. The number of aromatic nitrogens is 1. The number of rotatable bonds is 5. The van der Waals surface area contributed by atoms with Gasteiger partial charge in [0.2, 0.25) is 0 Å². The molecule has 11 rings (SSSR count). The molecular weight excluding hydrogens is 663 g/mol. The first-order valence-electron chi connectivity index (χ1n) is 19.0. The van der Waals surface area contributed by atoms with Crippen LogP contribution in [0, 0.1) is 0 Å². The fourth-order valence-corrected chi connectivity index (χ4v) is 8.96. The molecular formula is C54H35N. The molecule has 0 unspecified atom stereocenters. The molecule has 0 amide bonds. The molecule has 1 heteroatoms. The molecule has 0 bridgehead atoms. The zero-order valence-corrected chi connectivity index (χ0v) is 30.2. The molecule has 0 saturated carbocycles. The van der Waals surface area contributed by atoms with Crippen LogP contribution in [-0.2, 0) is 0 Å². The SMILES string of the molecule is c1ccc(-c2cccc(-c3ccc4c(c3)c3ccccc3n4-c3cccc4c(-c5c6ccccc6c(-c6ccccc6)c6ccccc56)cccc34)c2)cc1. The zero-order chi connectivity index (χ0) is 36.3. The van der Waals surface area contributed by atoms with Gasteiger partial charge in [-0.05, 0) is 102 Å². The van der Waals surface area contributed by atoms with Crippen LogP contribution in [0.4, 0.5) is 0 Å². The monoisotopic (exact) mass is 697 g/mol. The van der Waals surface area contributed by atoms with Gasteiger partial charge in [0.15, 0.2) is 0 Å². The molecule has 1 heterocycles. The maximum atomic E-state index is 2.47. The van der Waals surface area contributed by atoms with Crippen LogP contribution >= 0.6 is 0 Å². The lowest BCUT2D eigenvalue weighted by Gasteiger charge is -2.19. The second-order valence-electron chi connectivity index (χ2n) is 14.4. The van der Waals surface area contributed by atoms with Crippen molar-refractivity contribution in [3.63, 3.8) is 0 Å². The molecule has 0 aliphatic rings. The van der Waals surface area contributed by atoms with Crippen molar-refractivity contribution in [3.05, 3.63) is 212 Å². The van der Waals surface area contributed by atoms with Crippen molar-refractivity contribution in [3.8, 4) is 50.2 Å². The molecule has 0 saturated heterocycles. The number of benzene rings is 10. The van der Waals surface area contributed by atoms with E-state index in [1.807, 2.05) is 0 Å². The Labute approximate surface area is 320 Å². The van der Waals surface area contributed by atoms with Crippen LogP contribution in [0.25, 0.3) is 104 Å². The van der Waals surface area contributed by atoms with E-state index in [9.17, 15) is 0 Å². The largest absolute Gasteiger partial charge is 0.309 e. The van der Waals surface area contributed by atoms with Crippen LogP contribution in [0.2, 0.25) is 0 Å². The molecule has 256 valence electrons. The molecule has 10 aromatic carbocycles. The van der Waals surface area contributed by atoms with Crippen molar-refractivity contribution in [2.24, 2.45) is 0 Å². The van der Waals surface area contributed by atoms with E-state index >= 15 is 0 Å². The predicted molar refractivity (Wildman–Crippen MR) is 235 cm³/mol. The molecule has 0 spiro atoms. The summed E-state index contributed by atoms with van der Waals surface area (Å²) < 4.78 is 2.47. The molecule has 0 atom stereocenters. The van der Waals surface area contributed by atoms with E-state index in [-0.39, 0.29) is 0 Å². The highest BCUT2D eigenvalue weighted by molar-refractivity contribution is 6.24. The quantitative estimate of drug-likeness (QED) is 0.158. The average molecular weight is 698 g/mol. The Morgan fingerprint density at radius 3 is 1.42 bits per heavy atom. The van der Waals surface area contributed by atoms with Crippen LogP contribution in [0.3, 0.4) is 0 Å². The van der Waals surface area contributed by atoms with Crippen LogP contribution < -0.4 is 0 Å². The minimum absolute atomic E-state index is 1.18. The Hall–Kier alpha value is -7.22. The Kier molecular flexibility index (Phi) is 7.25. The standard InChI is InChI=1S/C54H35N/c1-3-16-36(17-4-1)38-20-13-21-39(34-38)40-32-33-52-49(35-40)43-22-11-12-30-50(43)55(52)51-31-15-27-41-42(51)28-14-29-44(41)54-47-25-9-7-23-45(47)53(37-18-5-2-6-19-37)46-24-8-10-26-48(46)54/h1-35H. The number of hydrogen-bond donors (Lipinski definition) is 0. The van der Waals surface area contributed by atoms with Gasteiger partial charge in [-0.3, -0.25) is 0 Å². The molecule has 0 N–H and O–H groups in total. The molecule has 1 aromatic heterocycles. The molecule has 55 heavy (non-hydrogen) atoms. The maximum absolute atomic E-state index is 2.47. The number of hydrogen-bond acceptors (Lipinski definition) is 0. The van der Waals surface area contributed by atoms with E-state index in [1.165, 1.54) is 104 Å². The van der Waals surface area contributed by atoms with Gasteiger partial charge < -0.3 is 4.57 Å². The first kappa shape index (κ1) is 31.3. The molecule has 0 radical (unpaired) electrons. The third kappa shape index (κ3) is 5.01. The van der Waals surface area contributed by atoms with Crippen molar-refractivity contribution < 1.29 is 0 Å². The first-order valence-corrected chi connectivity index (χ1v) is 19.0. The van der Waals surface area contributed by atoms with E-state index in [4.69, 9.17) is 0 Å². The Balaban J connectivity index is 1.14. The normalized spacial score (nSPS) is 11.6. The van der Waals surface area contributed by atoms with Crippen molar-refractivity contribution in [1.82, 2.24) is 4.57 Å². The van der Waals surface area contributed by atoms with Gasteiger partial charge >= 0.3 is 0 Å². The van der Waals surface area contributed by atoms with Gasteiger partial charge in [-0.25, -0.2) is 0 Å². The summed E-state index contributed by atoms with van der Waals surface area (Å²) in [6.07, 6.45) is 0. The minimum atomic E-state index is 1.18. The summed E-state index contributed by atoms with van der Waals surface area (Å²) in [5, 5.41) is 10.0. The lowest BCUT2D eigenvalue weighted by molar-refractivity contribution is 1.20. The summed E-state index contributed by atoms with van der Waals surface area (Å²) in [6.45, 7) is 0. The minimum Gasteiger partial charge on any atom is -0.309 e. The molecule has 0 fully saturated rings. The Bertz CT molecular complexity index is 3190. The van der Waals surface area contributed by atoms with Gasteiger partial charge in [-0.2, -0.15) is 0 Å². The van der Waals surface area contributed by atoms with Gasteiger partial charge in [0.1, 0.15) is 0 Å². The van der Waals surface area contributed by atoms with Crippen molar-refractivity contribution in [2.45, 2.75) is 0 Å². The Morgan fingerprint density at radius 2 is 0.709 bits per heavy atom. The van der Waals surface area contributed by atoms with E-state index < -0.39 is 0 Å². The topological polar surface area (TPSA) is 4.93 Å². The first-order chi connectivity index (χ1) is 27.3. The smallest absolute Gasteiger partial charge is 0.0541 e. The number of fused-ring (bicyclic) bond motifs is 6. The predicted octanol–water partition coefficient (Wildman–Crippen LogP) is 14.9. The van der Waals surface area contributed by atoms with Crippen molar-refractivity contribution >= 4 is 54.1 Å². The highest BCUT2D eigenvalue weighted by Gasteiger charge is 2.20. The van der Waals surface area contributed by atoms with E-state index in [0.717, 1.165) is 0 Å². The maximum Gasteiger partial charge on any atom is 0.0541 e. The highest BCUT2D eigenvalue weighted by atomic mass is 15.0. The summed E-state index contributed by atoms with van der Waals surface area (Å²) in [7, 11) is 0. The lowest BCUT2D eigenvalue weighted by atomic mass is 9.84. The summed E-state index contributed by atoms with van der Waals surface area (Å²) in [5.74, 6) is 0. The third-order valence-corrected chi connectivity index (χ3v) is 11.4. The summed E-state index contributed by atoms with van der Waals surface area (Å²) in [6, 6.07) is 77.7. The van der Waals surface area contributed by atoms with Gasteiger partial charge in [-0.1, -0.05) is 182 Å². The van der Waals surface area contributed by atoms with Gasteiger partial charge in [0, 0.05) is 16.2 Å². The zero-order valence-electron chi connectivity index (χ0n) is 30.2. The van der Waals surface area contributed by atoms with Crippen LogP contribution in [0.1, 0.15) is 0 Å². The second-order valence-corrected chi connectivity index (χ2v) is 14.4. The van der Waals surface area contributed by atoms with Crippen LogP contribution in [-0.4, -0.2) is 4.57 Å². The molecule has 0 aliphatic carbocycles. The van der Waals surface area contributed by atoms with Crippen molar-refractivity contribution in [1.29, 1.82) is 0 Å². The Morgan fingerprint density at radius 1 is 0.236 bits per heavy atom. The van der Waals surface area contributed by atoms with E-state index in [1.54, 1.807) is 0 Å². The molecule has 0 aliphatic heterocycles. The third-order valence-electron chi connectivity index (χ3n) is 11.4. The summed E-state index contributed by atoms with van der Waals surface area (Å²) >= 11 is 0. The van der Waals surface area contributed by atoms with Crippen LogP contribution in [0.15, 0.2) is 212 Å². The molecule has 11 aromatic rings.